The topological polar surface area (TPSA) is 37.3 Å². The van der Waals surface area contributed by atoms with Crippen molar-refractivity contribution in [3.05, 3.63) is 0 Å². The number of alkyl halides is 2. The van der Waals surface area contributed by atoms with Gasteiger partial charge in [0.1, 0.15) is 5.78 Å². The van der Waals surface area contributed by atoms with Crippen molar-refractivity contribution in [3.8, 4) is 0 Å². The monoisotopic (exact) mass is 368 g/mol. The highest BCUT2D eigenvalue weighted by atomic mass is 19.3. The van der Waals surface area contributed by atoms with Crippen LogP contribution in [0.4, 0.5) is 8.78 Å². The van der Waals surface area contributed by atoms with E-state index in [1.807, 2.05) is 6.92 Å². The van der Waals surface area contributed by atoms with E-state index in [-0.39, 0.29) is 47.2 Å². The predicted octanol–water partition coefficient (Wildman–Crippen LogP) is 5.09. The second-order valence-electron chi connectivity index (χ2n) is 10.3. The van der Waals surface area contributed by atoms with Gasteiger partial charge in [0.25, 0.3) is 5.92 Å². The van der Waals surface area contributed by atoms with E-state index in [9.17, 15) is 9.90 Å². The molecule has 0 aromatic carbocycles. The molecule has 0 aromatic heterocycles. The molecule has 0 heterocycles. The first-order chi connectivity index (χ1) is 12.1. The van der Waals surface area contributed by atoms with Crippen LogP contribution in [0.2, 0.25) is 0 Å². The lowest BCUT2D eigenvalue weighted by atomic mass is 9.48. The number of hydrogen-bond acceptors (Lipinski definition) is 2. The molecule has 0 radical (unpaired) electrons. The third kappa shape index (κ3) is 2.69. The average molecular weight is 369 g/mol. The fraction of sp³-hybridized carbons (Fsp3) is 0.955. The highest BCUT2D eigenvalue weighted by Gasteiger charge is 2.63. The molecule has 2 nitrogen and oxygen atoms in total. The Bertz CT molecular complexity index is 574. The molecule has 2 unspecified atom stereocenters. The number of fused-ring (bicyclic) bond motifs is 5. The van der Waals surface area contributed by atoms with Crippen LogP contribution >= 0.6 is 0 Å². The summed E-state index contributed by atoms with van der Waals surface area (Å²) in [4.78, 5) is 12.2. The molecule has 26 heavy (non-hydrogen) atoms. The first kappa shape index (κ1) is 18.8. The number of halogens is 2. The van der Waals surface area contributed by atoms with E-state index in [4.69, 9.17) is 0 Å². The van der Waals surface area contributed by atoms with Gasteiger partial charge >= 0.3 is 0 Å². The highest BCUT2D eigenvalue weighted by Crippen LogP contribution is 2.66. The zero-order chi connectivity index (χ0) is 18.9. The summed E-state index contributed by atoms with van der Waals surface area (Å²) < 4.78 is 30.3. The van der Waals surface area contributed by atoms with E-state index in [0.29, 0.717) is 12.3 Å². The van der Waals surface area contributed by atoms with Gasteiger partial charge in [0, 0.05) is 18.3 Å². The van der Waals surface area contributed by atoms with Gasteiger partial charge in [0.05, 0.1) is 6.10 Å². The lowest BCUT2D eigenvalue weighted by Gasteiger charge is -2.58. The van der Waals surface area contributed by atoms with Crippen LogP contribution in [0.1, 0.15) is 72.1 Å². The van der Waals surface area contributed by atoms with Crippen molar-refractivity contribution >= 4 is 5.78 Å². The standard InChI is InChI=1S/C22H34F2O2/c1-12(25)14-4-5-20-16(10-14)15-8-9-21(3)18(13(2)26)6-7-19(21)17(15)11-22(20,23)24/h12,14-20,25H,4-11H2,1-3H3/t12?,14?,15-,16-,17-,18-,19+,20+,21-/m1/s1. The van der Waals surface area contributed by atoms with E-state index < -0.39 is 17.9 Å². The Morgan fingerprint density at radius 2 is 1.73 bits per heavy atom. The summed E-state index contributed by atoms with van der Waals surface area (Å²) in [5.41, 5.74) is -0.0751. The minimum Gasteiger partial charge on any atom is -0.393 e. The van der Waals surface area contributed by atoms with Crippen LogP contribution < -0.4 is 0 Å². The van der Waals surface area contributed by atoms with Gasteiger partial charge in [0.2, 0.25) is 0 Å². The molecule has 148 valence electrons. The predicted molar refractivity (Wildman–Crippen MR) is 96.8 cm³/mol. The molecule has 1 N–H and O–H groups in total. The van der Waals surface area contributed by atoms with Gasteiger partial charge in [-0.3, -0.25) is 4.79 Å². The minimum absolute atomic E-state index is 0.0308. The van der Waals surface area contributed by atoms with Gasteiger partial charge in [-0.2, -0.15) is 0 Å². The van der Waals surface area contributed by atoms with Gasteiger partial charge < -0.3 is 5.11 Å². The number of aliphatic hydroxyl groups excluding tert-OH is 1. The normalized spacial score (nSPS) is 51.1. The molecule has 4 aliphatic rings. The van der Waals surface area contributed by atoms with Crippen LogP contribution in [0.25, 0.3) is 0 Å². The Morgan fingerprint density at radius 1 is 1.04 bits per heavy atom. The van der Waals surface area contributed by atoms with Crippen molar-refractivity contribution in [1.29, 1.82) is 0 Å². The molecule has 4 rings (SSSR count). The van der Waals surface area contributed by atoms with Gasteiger partial charge in [-0.15, -0.1) is 0 Å². The smallest absolute Gasteiger partial charge is 0.251 e. The number of hydrogen-bond donors (Lipinski definition) is 1. The molecular formula is C22H34F2O2. The van der Waals surface area contributed by atoms with E-state index in [0.717, 1.165) is 38.5 Å². The van der Waals surface area contributed by atoms with Crippen molar-refractivity contribution < 1.29 is 18.7 Å². The molecular weight excluding hydrogens is 334 g/mol. The van der Waals surface area contributed by atoms with Gasteiger partial charge in [-0.1, -0.05) is 6.92 Å². The fourth-order valence-corrected chi connectivity index (χ4v) is 7.95. The zero-order valence-corrected chi connectivity index (χ0v) is 16.4. The zero-order valence-electron chi connectivity index (χ0n) is 16.4. The Kier molecular flexibility index (Phi) is 4.53. The van der Waals surface area contributed by atoms with Crippen LogP contribution in [-0.4, -0.2) is 22.9 Å². The maximum Gasteiger partial charge on any atom is 0.251 e. The average Bonchev–Trinajstić information content (AvgIpc) is 2.92. The van der Waals surface area contributed by atoms with Gasteiger partial charge in [-0.05, 0) is 93.8 Å². The summed E-state index contributed by atoms with van der Waals surface area (Å²) in [5.74, 6) is -1.83. The first-order valence-electron chi connectivity index (χ1n) is 10.7. The minimum atomic E-state index is -2.58. The summed E-state index contributed by atoms with van der Waals surface area (Å²) in [6.07, 6.45) is 5.52. The van der Waals surface area contributed by atoms with Crippen LogP contribution in [-0.2, 0) is 4.79 Å². The Morgan fingerprint density at radius 3 is 2.38 bits per heavy atom. The second-order valence-corrected chi connectivity index (χ2v) is 10.3. The maximum atomic E-state index is 15.1. The number of ketones is 1. The van der Waals surface area contributed by atoms with E-state index in [1.54, 1.807) is 6.92 Å². The lowest BCUT2D eigenvalue weighted by molar-refractivity contribution is -0.197. The first-order valence-corrected chi connectivity index (χ1v) is 10.7. The van der Waals surface area contributed by atoms with E-state index >= 15 is 8.78 Å². The van der Waals surface area contributed by atoms with Crippen LogP contribution in [0.15, 0.2) is 0 Å². The summed E-state index contributed by atoms with van der Waals surface area (Å²) >= 11 is 0. The molecule has 9 atom stereocenters. The van der Waals surface area contributed by atoms with Gasteiger partial charge in [0.15, 0.2) is 0 Å². The molecule has 4 aliphatic carbocycles. The summed E-state index contributed by atoms with van der Waals surface area (Å²) in [6, 6.07) is 0. The molecule has 0 aliphatic heterocycles. The molecule has 0 amide bonds. The molecule has 4 heteroatoms. The number of aliphatic hydroxyl groups is 1. The quantitative estimate of drug-likeness (QED) is 0.737. The molecule has 0 aromatic rings. The van der Waals surface area contributed by atoms with E-state index in [1.165, 1.54) is 0 Å². The van der Waals surface area contributed by atoms with Crippen LogP contribution in [0, 0.1) is 46.8 Å². The Balaban J connectivity index is 1.63. The second kappa shape index (κ2) is 6.25. The molecule has 4 fully saturated rings. The van der Waals surface area contributed by atoms with Gasteiger partial charge in [-0.25, -0.2) is 8.78 Å². The van der Waals surface area contributed by atoms with Crippen molar-refractivity contribution in [1.82, 2.24) is 0 Å². The summed E-state index contributed by atoms with van der Waals surface area (Å²) in [6.45, 7) is 5.71. The SMILES string of the molecule is CC(=O)[C@H]1CC[C@H]2[C@@H]3CC(F)(F)[C@H]4CCC(C(C)O)C[C@@H]4[C@H]3CC[C@]12C. The number of Topliss-reactive ketones (excluding diaryl/α,β-unsaturated/α-hetero) is 1. The number of rotatable bonds is 2. The lowest BCUT2D eigenvalue weighted by Crippen LogP contribution is -2.56. The molecule has 4 saturated carbocycles. The van der Waals surface area contributed by atoms with Crippen molar-refractivity contribution in [2.24, 2.45) is 46.8 Å². The van der Waals surface area contributed by atoms with Crippen molar-refractivity contribution in [2.75, 3.05) is 0 Å². The van der Waals surface area contributed by atoms with Crippen LogP contribution in [0.3, 0.4) is 0 Å². The third-order valence-electron chi connectivity index (χ3n) is 9.21. The van der Waals surface area contributed by atoms with Crippen LogP contribution in [0.5, 0.6) is 0 Å². The maximum absolute atomic E-state index is 15.1. The van der Waals surface area contributed by atoms with Crippen molar-refractivity contribution in [2.45, 2.75) is 84.2 Å². The Hall–Kier alpha value is -0.510. The number of carbonyl (C=O) groups is 1. The van der Waals surface area contributed by atoms with Crippen molar-refractivity contribution in [3.63, 3.8) is 0 Å². The van der Waals surface area contributed by atoms with E-state index in [2.05, 4.69) is 6.92 Å². The summed E-state index contributed by atoms with van der Waals surface area (Å²) in [7, 11) is 0. The third-order valence-corrected chi connectivity index (χ3v) is 9.21. The molecule has 0 bridgehead atoms. The summed E-state index contributed by atoms with van der Waals surface area (Å²) in [5, 5.41) is 10.1. The fourth-order valence-electron chi connectivity index (χ4n) is 7.95. The largest absolute Gasteiger partial charge is 0.393 e. The Labute approximate surface area is 156 Å². The highest BCUT2D eigenvalue weighted by molar-refractivity contribution is 5.79. The molecule has 0 spiro atoms. The molecule has 0 saturated heterocycles. The number of carbonyl (C=O) groups excluding carboxylic acids is 1.